The summed E-state index contributed by atoms with van der Waals surface area (Å²) >= 11 is 1.81. The van der Waals surface area contributed by atoms with Gasteiger partial charge in [0.1, 0.15) is 0 Å². The third kappa shape index (κ3) is 3.88. The molecular formula is C10H18O3S. The molecule has 0 aliphatic heterocycles. The Labute approximate surface area is 89.2 Å². The lowest BCUT2D eigenvalue weighted by molar-refractivity contribution is -0.138. The minimum Gasteiger partial charge on any atom is -0.481 e. The predicted molar refractivity (Wildman–Crippen MR) is 57.7 cm³/mol. The van der Waals surface area contributed by atoms with Gasteiger partial charge in [-0.25, -0.2) is 0 Å². The van der Waals surface area contributed by atoms with Crippen molar-refractivity contribution in [2.24, 2.45) is 5.41 Å². The van der Waals surface area contributed by atoms with Crippen molar-refractivity contribution >= 4 is 17.7 Å². The Morgan fingerprint density at radius 2 is 2.29 bits per heavy atom. The first kappa shape index (κ1) is 11.9. The van der Waals surface area contributed by atoms with Crippen molar-refractivity contribution in [3.8, 4) is 0 Å². The Morgan fingerprint density at radius 3 is 2.71 bits per heavy atom. The molecule has 1 fully saturated rings. The highest BCUT2D eigenvalue weighted by molar-refractivity contribution is 7.99. The summed E-state index contributed by atoms with van der Waals surface area (Å²) in [6.45, 7) is 2.03. The zero-order valence-corrected chi connectivity index (χ0v) is 9.60. The average molecular weight is 218 g/mol. The van der Waals surface area contributed by atoms with Crippen LogP contribution in [-0.4, -0.2) is 35.8 Å². The van der Waals surface area contributed by atoms with Crippen LogP contribution in [0, 0.1) is 5.41 Å². The van der Waals surface area contributed by atoms with Gasteiger partial charge in [-0.05, 0) is 30.9 Å². The molecule has 0 amide bonds. The number of hydrogen-bond donors (Lipinski definition) is 1. The molecule has 0 spiro atoms. The average Bonchev–Trinajstić information content (AvgIpc) is 2.83. The summed E-state index contributed by atoms with van der Waals surface area (Å²) in [7, 11) is 1.70. The summed E-state index contributed by atoms with van der Waals surface area (Å²) in [5.74, 6) is 1.26. The molecule has 0 saturated heterocycles. The largest absolute Gasteiger partial charge is 0.481 e. The number of carboxylic acid groups (broad SMARTS) is 1. The van der Waals surface area contributed by atoms with E-state index in [1.807, 2.05) is 18.7 Å². The number of methoxy groups -OCH3 is 1. The predicted octanol–water partition coefficient (Wildman–Crippen LogP) is 2.01. The van der Waals surface area contributed by atoms with Crippen molar-refractivity contribution in [1.82, 2.24) is 0 Å². The molecule has 1 aliphatic carbocycles. The maximum absolute atomic E-state index is 10.6. The standard InChI is InChI=1S/C10H18O3S/c1-8(13-2)6-14-7-10(3-4-10)5-9(11)12/h8H,3-7H2,1-2H3,(H,11,12). The van der Waals surface area contributed by atoms with Crippen molar-refractivity contribution in [3.05, 3.63) is 0 Å². The smallest absolute Gasteiger partial charge is 0.303 e. The molecule has 0 bridgehead atoms. The lowest BCUT2D eigenvalue weighted by atomic mass is 10.1. The lowest BCUT2D eigenvalue weighted by Crippen LogP contribution is -2.14. The highest BCUT2D eigenvalue weighted by Gasteiger charge is 2.44. The molecule has 0 radical (unpaired) electrons. The van der Waals surface area contributed by atoms with Crippen LogP contribution in [0.25, 0.3) is 0 Å². The van der Waals surface area contributed by atoms with E-state index >= 15 is 0 Å². The second-order valence-corrected chi connectivity index (χ2v) is 5.16. The van der Waals surface area contributed by atoms with Crippen molar-refractivity contribution < 1.29 is 14.6 Å². The van der Waals surface area contributed by atoms with E-state index in [9.17, 15) is 4.79 Å². The van der Waals surface area contributed by atoms with Gasteiger partial charge in [0.05, 0.1) is 12.5 Å². The fourth-order valence-corrected chi connectivity index (χ4v) is 2.79. The summed E-state index contributed by atoms with van der Waals surface area (Å²) in [4.78, 5) is 10.6. The first-order valence-corrected chi connectivity index (χ1v) is 6.06. The van der Waals surface area contributed by atoms with E-state index in [0.717, 1.165) is 24.3 Å². The van der Waals surface area contributed by atoms with Crippen LogP contribution in [0.4, 0.5) is 0 Å². The first-order valence-electron chi connectivity index (χ1n) is 4.90. The molecule has 82 valence electrons. The fraction of sp³-hybridized carbons (Fsp3) is 0.900. The van der Waals surface area contributed by atoms with Crippen molar-refractivity contribution in [2.45, 2.75) is 32.3 Å². The number of aliphatic carboxylic acids is 1. The number of carboxylic acids is 1. The van der Waals surface area contributed by atoms with E-state index in [1.54, 1.807) is 7.11 Å². The molecule has 0 aromatic rings. The molecule has 1 saturated carbocycles. The molecule has 1 unspecified atom stereocenters. The highest BCUT2D eigenvalue weighted by Crippen LogP contribution is 2.51. The van der Waals surface area contributed by atoms with E-state index in [1.165, 1.54) is 0 Å². The second kappa shape index (κ2) is 5.03. The van der Waals surface area contributed by atoms with Gasteiger partial charge in [-0.3, -0.25) is 4.79 Å². The topological polar surface area (TPSA) is 46.5 Å². The Bertz CT molecular complexity index is 202. The van der Waals surface area contributed by atoms with E-state index in [-0.39, 0.29) is 11.5 Å². The van der Waals surface area contributed by atoms with Crippen LogP contribution < -0.4 is 0 Å². The summed E-state index contributed by atoms with van der Waals surface area (Å²) in [5.41, 5.74) is 0.115. The van der Waals surface area contributed by atoms with Crippen LogP contribution in [0.15, 0.2) is 0 Å². The molecule has 1 rings (SSSR count). The first-order chi connectivity index (χ1) is 6.58. The normalized spacial score (nSPS) is 20.4. The lowest BCUT2D eigenvalue weighted by Gasteiger charge is -2.13. The molecule has 1 N–H and O–H groups in total. The molecule has 0 heterocycles. The van der Waals surface area contributed by atoms with Crippen LogP contribution in [0.1, 0.15) is 26.2 Å². The summed E-state index contributed by atoms with van der Waals surface area (Å²) in [5, 5.41) is 8.71. The summed E-state index contributed by atoms with van der Waals surface area (Å²) in [6, 6.07) is 0. The van der Waals surface area contributed by atoms with Crippen LogP contribution in [0.2, 0.25) is 0 Å². The number of hydrogen-bond acceptors (Lipinski definition) is 3. The number of rotatable bonds is 7. The van der Waals surface area contributed by atoms with E-state index < -0.39 is 5.97 Å². The maximum atomic E-state index is 10.6. The molecule has 4 heteroatoms. The van der Waals surface area contributed by atoms with Crippen LogP contribution in [0.3, 0.4) is 0 Å². The highest BCUT2D eigenvalue weighted by atomic mass is 32.2. The van der Waals surface area contributed by atoms with Gasteiger partial charge in [-0.15, -0.1) is 0 Å². The fourth-order valence-electron chi connectivity index (χ4n) is 1.38. The van der Waals surface area contributed by atoms with Gasteiger partial charge in [0.25, 0.3) is 0 Å². The van der Waals surface area contributed by atoms with Crippen LogP contribution >= 0.6 is 11.8 Å². The molecule has 0 aromatic heterocycles. The Hall–Kier alpha value is -0.220. The van der Waals surface area contributed by atoms with E-state index in [4.69, 9.17) is 9.84 Å². The monoisotopic (exact) mass is 218 g/mol. The van der Waals surface area contributed by atoms with Gasteiger partial charge in [0.15, 0.2) is 0 Å². The SMILES string of the molecule is COC(C)CSCC1(CC(=O)O)CC1. The van der Waals surface area contributed by atoms with E-state index in [0.29, 0.717) is 6.42 Å². The summed E-state index contributed by atoms with van der Waals surface area (Å²) < 4.78 is 5.13. The third-order valence-electron chi connectivity index (χ3n) is 2.65. The zero-order chi connectivity index (χ0) is 10.6. The Kier molecular flexibility index (Phi) is 4.26. The second-order valence-electron chi connectivity index (χ2n) is 4.13. The van der Waals surface area contributed by atoms with Gasteiger partial charge >= 0.3 is 5.97 Å². The zero-order valence-electron chi connectivity index (χ0n) is 8.78. The van der Waals surface area contributed by atoms with Gasteiger partial charge < -0.3 is 9.84 Å². The quantitative estimate of drug-likeness (QED) is 0.710. The van der Waals surface area contributed by atoms with Gasteiger partial charge in [0.2, 0.25) is 0 Å². The summed E-state index contributed by atoms with van der Waals surface area (Å²) in [6.07, 6.45) is 2.75. The minimum absolute atomic E-state index is 0.115. The Balaban J connectivity index is 2.14. The number of carbonyl (C=O) groups is 1. The van der Waals surface area contributed by atoms with Crippen molar-refractivity contribution in [1.29, 1.82) is 0 Å². The maximum Gasteiger partial charge on any atom is 0.303 e. The third-order valence-corrected chi connectivity index (χ3v) is 4.17. The molecule has 14 heavy (non-hydrogen) atoms. The molecule has 1 aliphatic rings. The van der Waals surface area contributed by atoms with Crippen molar-refractivity contribution in [2.75, 3.05) is 18.6 Å². The van der Waals surface area contributed by atoms with E-state index in [2.05, 4.69) is 0 Å². The number of ether oxygens (including phenoxy) is 1. The molecular weight excluding hydrogens is 200 g/mol. The van der Waals surface area contributed by atoms with Crippen molar-refractivity contribution in [3.63, 3.8) is 0 Å². The minimum atomic E-state index is -0.664. The van der Waals surface area contributed by atoms with Gasteiger partial charge in [-0.2, -0.15) is 11.8 Å². The van der Waals surface area contributed by atoms with Crippen LogP contribution in [0.5, 0.6) is 0 Å². The number of thioether (sulfide) groups is 1. The molecule has 0 aromatic carbocycles. The van der Waals surface area contributed by atoms with Gasteiger partial charge in [0, 0.05) is 12.9 Å². The van der Waals surface area contributed by atoms with Crippen LogP contribution in [-0.2, 0) is 9.53 Å². The van der Waals surface area contributed by atoms with Gasteiger partial charge in [-0.1, -0.05) is 0 Å². The molecule has 3 nitrogen and oxygen atoms in total. The molecule has 1 atom stereocenters. The Morgan fingerprint density at radius 1 is 1.64 bits per heavy atom.